The number of nitrogens with zero attached hydrogens (tertiary/aromatic N) is 1. The van der Waals surface area contributed by atoms with Crippen molar-refractivity contribution in [3.8, 4) is 0 Å². The molecule has 2 rings (SSSR count). The third kappa shape index (κ3) is 2.71. The maximum absolute atomic E-state index is 12.9. The van der Waals surface area contributed by atoms with Gasteiger partial charge in [0.25, 0.3) is 0 Å². The molecule has 0 aliphatic carbocycles. The zero-order valence-corrected chi connectivity index (χ0v) is 11.2. The number of hydrogen-bond acceptors (Lipinski definition) is 1. The summed E-state index contributed by atoms with van der Waals surface area (Å²) in [6.45, 7) is 7.14. The van der Waals surface area contributed by atoms with Crippen molar-refractivity contribution >= 4 is 5.91 Å². The van der Waals surface area contributed by atoms with Gasteiger partial charge < -0.3 is 4.90 Å². The maximum atomic E-state index is 12.9. The summed E-state index contributed by atoms with van der Waals surface area (Å²) >= 11 is 0. The van der Waals surface area contributed by atoms with Gasteiger partial charge in [0.15, 0.2) is 0 Å². The molecule has 0 saturated carbocycles. The van der Waals surface area contributed by atoms with Crippen molar-refractivity contribution in [2.45, 2.75) is 39.7 Å². The van der Waals surface area contributed by atoms with Crippen LogP contribution in [0.15, 0.2) is 24.3 Å². The quantitative estimate of drug-likeness (QED) is 0.785. The van der Waals surface area contributed by atoms with Crippen molar-refractivity contribution in [1.82, 2.24) is 4.90 Å². The molecule has 0 aromatic heterocycles. The van der Waals surface area contributed by atoms with Crippen molar-refractivity contribution in [1.29, 1.82) is 0 Å². The Kier molecular flexibility index (Phi) is 3.42. The molecule has 1 heterocycles. The van der Waals surface area contributed by atoms with Crippen LogP contribution < -0.4 is 0 Å². The first-order valence-electron chi connectivity index (χ1n) is 6.44. The van der Waals surface area contributed by atoms with Crippen LogP contribution in [0.4, 0.5) is 4.39 Å². The fraction of sp³-hybridized carbons (Fsp3) is 0.533. The van der Waals surface area contributed by atoms with Crippen LogP contribution in [-0.4, -0.2) is 17.4 Å². The van der Waals surface area contributed by atoms with Gasteiger partial charge in [-0.2, -0.15) is 0 Å². The number of hydrogen-bond donors (Lipinski definition) is 0. The highest BCUT2D eigenvalue weighted by molar-refractivity contribution is 5.77. The number of halogens is 1. The molecule has 1 aliphatic rings. The molecule has 0 radical (unpaired) electrons. The lowest BCUT2D eigenvalue weighted by Crippen LogP contribution is -2.45. The first-order valence-corrected chi connectivity index (χ1v) is 6.44. The Hall–Kier alpha value is -1.38. The van der Waals surface area contributed by atoms with Gasteiger partial charge in [-0.3, -0.25) is 4.79 Å². The van der Waals surface area contributed by atoms with Gasteiger partial charge in [-0.25, -0.2) is 4.39 Å². The molecule has 1 aromatic carbocycles. The monoisotopic (exact) mass is 249 g/mol. The van der Waals surface area contributed by atoms with E-state index in [0.717, 1.165) is 18.5 Å². The first-order chi connectivity index (χ1) is 8.39. The number of piperidine rings is 1. The van der Waals surface area contributed by atoms with E-state index in [0.29, 0.717) is 6.42 Å². The Morgan fingerprint density at radius 3 is 2.50 bits per heavy atom. The second kappa shape index (κ2) is 4.71. The lowest BCUT2D eigenvalue weighted by molar-refractivity contribution is -0.139. The molecular weight excluding hydrogens is 229 g/mol. The van der Waals surface area contributed by atoms with Gasteiger partial charge >= 0.3 is 0 Å². The summed E-state index contributed by atoms with van der Waals surface area (Å²) in [5.41, 5.74) is 1.16. The second-order valence-corrected chi connectivity index (χ2v) is 5.91. The molecule has 1 amide bonds. The average Bonchev–Trinajstić information content (AvgIpc) is 2.32. The molecule has 1 aromatic rings. The SMILES string of the molecule is CC(c1ccc(F)cc1)N1CC(C)(C)CCC1=O. The number of amides is 1. The summed E-state index contributed by atoms with van der Waals surface area (Å²) in [6, 6.07) is 6.43. The predicted octanol–water partition coefficient (Wildman–Crippen LogP) is 3.54. The molecule has 2 nitrogen and oxygen atoms in total. The minimum absolute atomic E-state index is 0.0117. The first kappa shape index (κ1) is 13.1. The molecule has 1 atom stereocenters. The van der Waals surface area contributed by atoms with Gasteiger partial charge in [-0.1, -0.05) is 26.0 Å². The minimum Gasteiger partial charge on any atom is -0.335 e. The Bertz CT molecular complexity index is 438. The largest absolute Gasteiger partial charge is 0.335 e. The van der Waals surface area contributed by atoms with Crippen LogP contribution in [0.25, 0.3) is 0 Å². The van der Waals surface area contributed by atoms with Crippen LogP contribution in [0.2, 0.25) is 0 Å². The van der Waals surface area contributed by atoms with Crippen LogP contribution in [0, 0.1) is 11.2 Å². The van der Waals surface area contributed by atoms with Gasteiger partial charge in [-0.15, -0.1) is 0 Å². The van der Waals surface area contributed by atoms with Crippen LogP contribution in [0.1, 0.15) is 45.2 Å². The van der Waals surface area contributed by atoms with Crippen molar-refractivity contribution in [2.24, 2.45) is 5.41 Å². The van der Waals surface area contributed by atoms with Gasteiger partial charge in [-0.05, 0) is 36.5 Å². The number of carbonyl (C=O) groups excluding carboxylic acids is 1. The molecule has 0 spiro atoms. The molecule has 0 bridgehead atoms. The van der Waals surface area contributed by atoms with Gasteiger partial charge in [0.1, 0.15) is 5.82 Å². The van der Waals surface area contributed by atoms with Crippen LogP contribution in [0.5, 0.6) is 0 Å². The van der Waals surface area contributed by atoms with E-state index in [1.165, 1.54) is 12.1 Å². The lowest BCUT2D eigenvalue weighted by Gasteiger charge is -2.41. The summed E-state index contributed by atoms with van der Waals surface area (Å²) in [5.74, 6) is -0.0394. The summed E-state index contributed by atoms with van der Waals surface area (Å²) in [5, 5.41) is 0. The number of benzene rings is 1. The Balaban J connectivity index is 2.19. The van der Waals surface area contributed by atoms with Gasteiger partial charge in [0, 0.05) is 13.0 Å². The summed E-state index contributed by atoms with van der Waals surface area (Å²) in [6.07, 6.45) is 1.55. The zero-order chi connectivity index (χ0) is 13.3. The van der Waals surface area contributed by atoms with Crippen molar-refractivity contribution < 1.29 is 9.18 Å². The molecule has 1 unspecified atom stereocenters. The second-order valence-electron chi connectivity index (χ2n) is 5.91. The Morgan fingerprint density at radius 1 is 1.28 bits per heavy atom. The zero-order valence-electron chi connectivity index (χ0n) is 11.2. The topological polar surface area (TPSA) is 20.3 Å². The standard InChI is InChI=1S/C15H20FNO/c1-11(12-4-6-13(16)7-5-12)17-10-15(2,3)9-8-14(17)18/h4-7,11H,8-10H2,1-3H3. The summed E-state index contributed by atoms with van der Waals surface area (Å²) in [7, 11) is 0. The van der Waals surface area contributed by atoms with Gasteiger partial charge in [0.2, 0.25) is 5.91 Å². The number of rotatable bonds is 2. The van der Waals surface area contributed by atoms with Crippen LogP contribution in [-0.2, 0) is 4.79 Å². The molecular formula is C15H20FNO. The normalized spacial score (nSPS) is 20.9. The smallest absolute Gasteiger partial charge is 0.223 e. The van der Waals surface area contributed by atoms with Crippen molar-refractivity contribution in [3.63, 3.8) is 0 Å². The molecule has 0 N–H and O–H groups in total. The predicted molar refractivity (Wildman–Crippen MR) is 69.5 cm³/mol. The fourth-order valence-electron chi connectivity index (χ4n) is 2.49. The van der Waals surface area contributed by atoms with Crippen LogP contribution in [0.3, 0.4) is 0 Å². The van der Waals surface area contributed by atoms with Gasteiger partial charge in [0.05, 0.1) is 6.04 Å². The lowest BCUT2D eigenvalue weighted by atomic mass is 9.83. The van der Waals surface area contributed by atoms with E-state index in [1.807, 2.05) is 11.8 Å². The summed E-state index contributed by atoms with van der Waals surface area (Å²) < 4.78 is 12.9. The minimum atomic E-state index is -0.240. The Morgan fingerprint density at radius 2 is 1.89 bits per heavy atom. The maximum Gasteiger partial charge on any atom is 0.223 e. The molecule has 1 saturated heterocycles. The van der Waals surface area contributed by atoms with E-state index in [9.17, 15) is 9.18 Å². The third-order valence-corrected chi connectivity index (χ3v) is 3.75. The highest BCUT2D eigenvalue weighted by Crippen LogP contribution is 2.34. The molecule has 1 aliphatic heterocycles. The third-order valence-electron chi connectivity index (χ3n) is 3.75. The van der Waals surface area contributed by atoms with Crippen LogP contribution >= 0.6 is 0 Å². The molecule has 3 heteroatoms. The summed E-state index contributed by atoms with van der Waals surface area (Å²) in [4.78, 5) is 13.9. The Labute approximate surface area is 108 Å². The van der Waals surface area contributed by atoms with Crippen molar-refractivity contribution in [3.05, 3.63) is 35.6 Å². The molecule has 1 fully saturated rings. The number of likely N-dealkylation sites (tertiary alicyclic amines) is 1. The molecule has 98 valence electrons. The average molecular weight is 249 g/mol. The van der Waals surface area contributed by atoms with E-state index in [4.69, 9.17) is 0 Å². The van der Waals surface area contributed by atoms with E-state index in [-0.39, 0.29) is 23.2 Å². The number of carbonyl (C=O) groups is 1. The van der Waals surface area contributed by atoms with Crippen molar-refractivity contribution in [2.75, 3.05) is 6.54 Å². The van der Waals surface area contributed by atoms with E-state index >= 15 is 0 Å². The highest BCUT2D eigenvalue weighted by atomic mass is 19.1. The van der Waals surface area contributed by atoms with E-state index in [2.05, 4.69) is 13.8 Å². The molecule has 18 heavy (non-hydrogen) atoms. The fourth-order valence-corrected chi connectivity index (χ4v) is 2.49. The van der Waals surface area contributed by atoms with E-state index < -0.39 is 0 Å². The highest BCUT2D eigenvalue weighted by Gasteiger charge is 2.33. The van der Waals surface area contributed by atoms with E-state index in [1.54, 1.807) is 12.1 Å².